The van der Waals surface area contributed by atoms with Crippen molar-refractivity contribution >= 4 is 12.0 Å². The molecule has 0 aromatic rings. The van der Waals surface area contributed by atoms with E-state index in [9.17, 15) is 4.79 Å². The minimum Gasteiger partial charge on any atom is -0.411 e. The molecule has 0 fully saturated rings. The molecule has 0 atom stereocenters. The fraction of sp³-hybridized carbons (Fsp3) is 0.714. The summed E-state index contributed by atoms with van der Waals surface area (Å²) in [7, 11) is 0. The van der Waals surface area contributed by atoms with Crippen LogP contribution in [0.15, 0.2) is 5.16 Å². The van der Waals surface area contributed by atoms with Gasteiger partial charge in [-0.2, -0.15) is 0 Å². The summed E-state index contributed by atoms with van der Waals surface area (Å²) < 4.78 is 0. The summed E-state index contributed by atoms with van der Waals surface area (Å²) in [5, 5.41) is 10.6. The molecule has 0 saturated heterocycles. The van der Waals surface area contributed by atoms with Crippen LogP contribution in [0.4, 0.5) is 0 Å². The molecule has 0 saturated carbocycles. The van der Waals surface area contributed by atoms with Gasteiger partial charge in [0.25, 0.3) is 0 Å². The largest absolute Gasteiger partial charge is 0.411 e. The topological polar surface area (TPSA) is 49.7 Å². The Labute approximate surface area is 61.7 Å². The molecule has 0 unspecified atom stereocenters. The molecule has 3 nitrogen and oxygen atoms in total. The molecule has 60 valence electrons. The van der Waals surface area contributed by atoms with E-state index in [4.69, 9.17) is 5.21 Å². The molecule has 0 amide bonds. The lowest BCUT2D eigenvalue weighted by molar-refractivity contribution is -0.114. The van der Waals surface area contributed by atoms with Crippen molar-refractivity contribution in [2.45, 2.75) is 33.6 Å². The second kappa shape index (κ2) is 11.0. The Morgan fingerprint density at radius 3 is 2.10 bits per heavy atom. The molecule has 0 spiro atoms. The Kier molecular flexibility index (Phi) is 13.1. The lowest BCUT2D eigenvalue weighted by atomic mass is 10.4. The van der Waals surface area contributed by atoms with Crippen molar-refractivity contribution < 1.29 is 10.0 Å². The van der Waals surface area contributed by atoms with Crippen molar-refractivity contribution in [3.63, 3.8) is 0 Å². The predicted octanol–water partition coefficient (Wildman–Crippen LogP) is 1.84. The first-order chi connectivity index (χ1) is 4.65. The van der Waals surface area contributed by atoms with Gasteiger partial charge in [0.2, 0.25) is 0 Å². The molecule has 0 rings (SSSR count). The average Bonchev–Trinajstić information content (AvgIpc) is 1.82. The number of oxime groups is 1. The molecule has 0 aromatic carbocycles. The number of hydrogen-bond acceptors (Lipinski definition) is 3. The Bertz CT molecular complexity index is 95.8. The Morgan fingerprint density at radius 2 is 2.00 bits per heavy atom. The molecule has 1 N–H and O–H groups in total. The molecule has 10 heavy (non-hydrogen) atoms. The van der Waals surface area contributed by atoms with Crippen LogP contribution in [0.5, 0.6) is 0 Å². The van der Waals surface area contributed by atoms with E-state index in [-0.39, 0.29) is 5.78 Å². The highest BCUT2D eigenvalue weighted by molar-refractivity contribution is 5.72. The molecule has 0 bridgehead atoms. The van der Waals surface area contributed by atoms with Gasteiger partial charge in [0.1, 0.15) is 5.78 Å². The van der Waals surface area contributed by atoms with Crippen LogP contribution in [0, 0.1) is 0 Å². The summed E-state index contributed by atoms with van der Waals surface area (Å²) in [6, 6.07) is 0. The summed E-state index contributed by atoms with van der Waals surface area (Å²) >= 11 is 0. The molecular formula is C7H15NO2. The fourth-order valence-corrected chi connectivity index (χ4v) is 0.187. The molecule has 0 aliphatic heterocycles. The van der Waals surface area contributed by atoms with Crippen molar-refractivity contribution in [3.05, 3.63) is 0 Å². The number of unbranched alkanes of at least 4 members (excludes halogenated alkanes) is 1. The van der Waals surface area contributed by atoms with Gasteiger partial charge in [-0.3, -0.25) is 0 Å². The third kappa shape index (κ3) is 58.8. The van der Waals surface area contributed by atoms with Crippen molar-refractivity contribution in [3.8, 4) is 0 Å². The quantitative estimate of drug-likeness (QED) is 0.366. The van der Waals surface area contributed by atoms with Gasteiger partial charge in [0, 0.05) is 6.21 Å². The Balaban J connectivity index is 0. The van der Waals surface area contributed by atoms with Crippen LogP contribution in [-0.2, 0) is 4.79 Å². The van der Waals surface area contributed by atoms with E-state index < -0.39 is 0 Å². The van der Waals surface area contributed by atoms with Gasteiger partial charge >= 0.3 is 0 Å². The maximum absolute atomic E-state index is 9.44. The van der Waals surface area contributed by atoms with Gasteiger partial charge in [-0.1, -0.05) is 13.3 Å². The maximum Gasteiger partial charge on any atom is 0.126 e. The SMILES string of the molecule is CC(C)=O.CCCC=NO. The van der Waals surface area contributed by atoms with E-state index in [0.29, 0.717) is 0 Å². The van der Waals surface area contributed by atoms with Crippen molar-refractivity contribution in [2.24, 2.45) is 5.16 Å². The summed E-state index contributed by atoms with van der Waals surface area (Å²) in [6.45, 7) is 5.08. The highest BCUT2D eigenvalue weighted by Gasteiger charge is 1.67. The van der Waals surface area contributed by atoms with Crippen LogP contribution < -0.4 is 0 Å². The number of hydrogen-bond donors (Lipinski definition) is 1. The van der Waals surface area contributed by atoms with Gasteiger partial charge < -0.3 is 10.0 Å². The summed E-state index contributed by atoms with van der Waals surface area (Å²) in [5.74, 6) is 0.167. The minimum absolute atomic E-state index is 0.167. The highest BCUT2D eigenvalue weighted by Crippen LogP contribution is 1.77. The van der Waals surface area contributed by atoms with Crippen LogP contribution in [0.3, 0.4) is 0 Å². The van der Waals surface area contributed by atoms with Gasteiger partial charge in [0.15, 0.2) is 0 Å². The minimum atomic E-state index is 0.167. The molecule has 0 aliphatic rings. The van der Waals surface area contributed by atoms with Crippen LogP contribution in [0.25, 0.3) is 0 Å². The standard InChI is InChI=1S/C4H9NO.C3H6O/c1-2-3-4-5-6;1-3(2)4/h4,6H,2-3H2,1H3;1-2H3. The molecular weight excluding hydrogens is 130 g/mol. The van der Waals surface area contributed by atoms with Crippen LogP contribution in [0.2, 0.25) is 0 Å². The zero-order chi connectivity index (χ0) is 8.41. The molecule has 0 radical (unpaired) electrons. The van der Waals surface area contributed by atoms with Crippen LogP contribution >= 0.6 is 0 Å². The number of carbonyl (C=O) groups excluding carboxylic acids is 1. The van der Waals surface area contributed by atoms with Crippen molar-refractivity contribution in [2.75, 3.05) is 0 Å². The molecule has 0 aromatic heterocycles. The first kappa shape index (κ1) is 11.9. The normalized spacial score (nSPS) is 8.70. The summed E-state index contributed by atoms with van der Waals surface area (Å²) in [6.07, 6.45) is 3.40. The lowest BCUT2D eigenvalue weighted by Crippen LogP contribution is -1.69. The number of rotatable bonds is 2. The van der Waals surface area contributed by atoms with Gasteiger partial charge in [-0.05, 0) is 20.3 Å². The van der Waals surface area contributed by atoms with Gasteiger partial charge in [-0.15, -0.1) is 5.16 Å². The van der Waals surface area contributed by atoms with E-state index >= 15 is 0 Å². The first-order valence-electron chi connectivity index (χ1n) is 3.28. The molecule has 0 heterocycles. The van der Waals surface area contributed by atoms with Crippen LogP contribution in [-0.4, -0.2) is 17.2 Å². The predicted molar refractivity (Wildman–Crippen MR) is 41.5 cm³/mol. The van der Waals surface area contributed by atoms with Crippen molar-refractivity contribution in [1.82, 2.24) is 0 Å². The second-order valence-corrected chi connectivity index (χ2v) is 1.99. The molecule has 3 heteroatoms. The number of carbonyl (C=O) groups is 1. The van der Waals surface area contributed by atoms with Crippen LogP contribution in [0.1, 0.15) is 33.6 Å². The van der Waals surface area contributed by atoms with Gasteiger partial charge in [-0.25, -0.2) is 0 Å². The maximum atomic E-state index is 9.44. The zero-order valence-electron chi connectivity index (χ0n) is 6.79. The lowest BCUT2D eigenvalue weighted by Gasteiger charge is -1.74. The number of ketones is 1. The highest BCUT2D eigenvalue weighted by atomic mass is 16.4. The van der Waals surface area contributed by atoms with E-state index in [1.54, 1.807) is 0 Å². The second-order valence-electron chi connectivity index (χ2n) is 1.99. The average molecular weight is 145 g/mol. The molecule has 0 aliphatic carbocycles. The smallest absolute Gasteiger partial charge is 0.126 e. The monoisotopic (exact) mass is 145 g/mol. The fourth-order valence-electron chi connectivity index (χ4n) is 0.187. The van der Waals surface area contributed by atoms with Crippen molar-refractivity contribution in [1.29, 1.82) is 0 Å². The number of Topliss-reactive ketones (excluding diaryl/α,β-unsaturated/α-hetero) is 1. The summed E-state index contributed by atoms with van der Waals surface area (Å²) in [5.41, 5.74) is 0. The Morgan fingerprint density at radius 1 is 1.60 bits per heavy atom. The van der Waals surface area contributed by atoms with Gasteiger partial charge in [0.05, 0.1) is 0 Å². The van der Waals surface area contributed by atoms with E-state index in [1.165, 1.54) is 20.1 Å². The van der Waals surface area contributed by atoms with E-state index in [1.807, 2.05) is 6.92 Å². The van der Waals surface area contributed by atoms with E-state index in [0.717, 1.165) is 12.8 Å². The Hall–Kier alpha value is -0.860. The third-order valence-electron chi connectivity index (χ3n) is 0.499. The third-order valence-corrected chi connectivity index (χ3v) is 0.499. The number of nitrogens with zero attached hydrogens (tertiary/aromatic N) is 1. The summed E-state index contributed by atoms with van der Waals surface area (Å²) in [4.78, 5) is 9.44. The first-order valence-corrected chi connectivity index (χ1v) is 3.28. The zero-order valence-corrected chi connectivity index (χ0v) is 6.79. The van der Waals surface area contributed by atoms with E-state index in [2.05, 4.69) is 5.16 Å².